The zero-order chi connectivity index (χ0) is 11.3. The van der Waals surface area contributed by atoms with Gasteiger partial charge in [-0.05, 0) is 18.6 Å². The fourth-order valence-electron chi connectivity index (χ4n) is 1.29. The molecule has 1 rings (SSSR count). The standard InChI is InChI=1S/C10H15F2NO2/c1-2-7(9-4-3-5-15-9)13-6-8(14)10(11)12/h3-5,7-8,10,13-14H,2,6H2,1H3. The SMILES string of the molecule is CCC(NCC(O)C(F)F)c1ccco1. The molecule has 86 valence electrons. The Morgan fingerprint density at radius 1 is 1.53 bits per heavy atom. The third-order valence-corrected chi connectivity index (χ3v) is 2.16. The molecule has 0 aliphatic carbocycles. The molecule has 0 aromatic carbocycles. The molecule has 0 radical (unpaired) electrons. The van der Waals surface area contributed by atoms with Crippen LogP contribution in [0.15, 0.2) is 22.8 Å². The maximum absolute atomic E-state index is 12.0. The van der Waals surface area contributed by atoms with E-state index in [4.69, 9.17) is 9.52 Å². The third kappa shape index (κ3) is 3.60. The van der Waals surface area contributed by atoms with E-state index < -0.39 is 12.5 Å². The van der Waals surface area contributed by atoms with Gasteiger partial charge >= 0.3 is 0 Å². The number of halogens is 2. The lowest BCUT2D eigenvalue weighted by Crippen LogP contribution is -2.34. The van der Waals surface area contributed by atoms with E-state index in [0.717, 1.165) is 0 Å². The summed E-state index contributed by atoms with van der Waals surface area (Å²) in [4.78, 5) is 0. The van der Waals surface area contributed by atoms with Crippen molar-refractivity contribution in [1.29, 1.82) is 0 Å². The second-order valence-corrected chi connectivity index (χ2v) is 3.29. The molecule has 1 aromatic heterocycles. The summed E-state index contributed by atoms with van der Waals surface area (Å²) in [6.45, 7) is 1.77. The van der Waals surface area contributed by atoms with Gasteiger partial charge in [0.2, 0.25) is 0 Å². The van der Waals surface area contributed by atoms with Crippen molar-refractivity contribution in [2.75, 3.05) is 6.54 Å². The van der Waals surface area contributed by atoms with Gasteiger partial charge in [0.1, 0.15) is 11.9 Å². The van der Waals surface area contributed by atoms with E-state index in [9.17, 15) is 8.78 Å². The molecule has 2 unspecified atom stereocenters. The van der Waals surface area contributed by atoms with Crippen LogP contribution in [0.1, 0.15) is 25.1 Å². The second kappa shape index (κ2) is 5.82. The lowest BCUT2D eigenvalue weighted by Gasteiger charge is -2.17. The van der Waals surface area contributed by atoms with Gasteiger partial charge in [0.15, 0.2) is 0 Å². The Balaban J connectivity index is 2.42. The number of hydrogen-bond acceptors (Lipinski definition) is 3. The van der Waals surface area contributed by atoms with E-state index in [2.05, 4.69) is 5.32 Å². The lowest BCUT2D eigenvalue weighted by atomic mass is 10.1. The number of furan rings is 1. The second-order valence-electron chi connectivity index (χ2n) is 3.29. The van der Waals surface area contributed by atoms with Crippen molar-refractivity contribution in [2.24, 2.45) is 0 Å². The first-order valence-corrected chi connectivity index (χ1v) is 4.88. The van der Waals surface area contributed by atoms with Crippen LogP contribution in [-0.2, 0) is 0 Å². The van der Waals surface area contributed by atoms with E-state index >= 15 is 0 Å². The fourth-order valence-corrected chi connectivity index (χ4v) is 1.29. The minimum Gasteiger partial charge on any atom is -0.468 e. The summed E-state index contributed by atoms with van der Waals surface area (Å²) in [5, 5.41) is 11.8. The van der Waals surface area contributed by atoms with Crippen LogP contribution in [0.5, 0.6) is 0 Å². The summed E-state index contributed by atoms with van der Waals surface area (Å²) in [6.07, 6.45) is -2.10. The molecule has 1 heterocycles. The highest BCUT2D eigenvalue weighted by molar-refractivity contribution is 5.03. The zero-order valence-electron chi connectivity index (χ0n) is 8.49. The number of nitrogens with one attached hydrogen (secondary N) is 1. The average Bonchev–Trinajstić information content (AvgIpc) is 2.71. The molecule has 0 aliphatic rings. The molecule has 0 fully saturated rings. The van der Waals surface area contributed by atoms with Crippen molar-refractivity contribution in [3.05, 3.63) is 24.2 Å². The highest BCUT2D eigenvalue weighted by Crippen LogP contribution is 2.16. The largest absolute Gasteiger partial charge is 0.468 e. The average molecular weight is 219 g/mol. The quantitative estimate of drug-likeness (QED) is 0.768. The van der Waals surface area contributed by atoms with Gasteiger partial charge in [-0.25, -0.2) is 8.78 Å². The number of aliphatic hydroxyl groups is 1. The Morgan fingerprint density at radius 3 is 2.73 bits per heavy atom. The first-order chi connectivity index (χ1) is 7.15. The maximum atomic E-state index is 12.0. The maximum Gasteiger partial charge on any atom is 0.265 e. The van der Waals surface area contributed by atoms with Crippen LogP contribution in [-0.4, -0.2) is 24.2 Å². The molecule has 15 heavy (non-hydrogen) atoms. The van der Waals surface area contributed by atoms with Gasteiger partial charge in [-0.3, -0.25) is 0 Å². The Labute approximate surface area is 87.1 Å². The van der Waals surface area contributed by atoms with Gasteiger partial charge in [0, 0.05) is 6.54 Å². The molecule has 2 atom stereocenters. The highest BCUT2D eigenvalue weighted by Gasteiger charge is 2.19. The molecule has 2 N–H and O–H groups in total. The number of rotatable bonds is 6. The van der Waals surface area contributed by atoms with Crippen LogP contribution in [0.2, 0.25) is 0 Å². The van der Waals surface area contributed by atoms with Crippen LogP contribution in [0.25, 0.3) is 0 Å². The van der Waals surface area contributed by atoms with E-state index in [1.807, 2.05) is 6.92 Å². The smallest absolute Gasteiger partial charge is 0.265 e. The molecule has 0 spiro atoms. The van der Waals surface area contributed by atoms with Gasteiger partial charge in [-0.2, -0.15) is 0 Å². The van der Waals surface area contributed by atoms with Gasteiger partial charge < -0.3 is 14.8 Å². The summed E-state index contributed by atoms with van der Waals surface area (Å²) >= 11 is 0. The summed E-state index contributed by atoms with van der Waals surface area (Å²) in [5.41, 5.74) is 0. The van der Waals surface area contributed by atoms with Crippen LogP contribution in [0.3, 0.4) is 0 Å². The van der Waals surface area contributed by atoms with Crippen molar-refractivity contribution in [2.45, 2.75) is 31.9 Å². The van der Waals surface area contributed by atoms with Gasteiger partial charge in [0.05, 0.1) is 12.3 Å². The molecule has 0 bridgehead atoms. The molecule has 0 aliphatic heterocycles. The molecule has 5 heteroatoms. The minimum absolute atomic E-state index is 0.131. The number of alkyl halides is 2. The normalized spacial score (nSPS) is 15.5. The van der Waals surface area contributed by atoms with Crippen molar-refractivity contribution in [3.63, 3.8) is 0 Å². The third-order valence-electron chi connectivity index (χ3n) is 2.16. The predicted molar refractivity (Wildman–Crippen MR) is 51.8 cm³/mol. The first kappa shape index (κ1) is 12.1. The highest BCUT2D eigenvalue weighted by atomic mass is 19.3. The summed E-state index contributed by atoms with van der Waals surface area (Å²) < 4.78 is 29.2. The molecular formula is C10H15F2NO2. The minimum atomic E-state index is -2.72. The van der Waals surface area contributed by atoms with E-state index in [0.29, 0.717) is 12.2 Å². The molecule has 3 nitrogen and oxygen atoms in total. The van der Waals surface area contributed by atoms with Crippen molar-refractivity contribution >= 4 is 0 Å². The Morgan fingerprint density at radius 2 is 2.27 bits per heavy atom. The van der Waals surface area contributed by atoms with Crippen LogP contribution in [0, 0.1) is 0 Å². The molecule has 0 saturated carbocycles. The summed E-state index contributed by atoms with van der Waals surface area (Å²) in [5.74, 6) is 0.693. The van der Waals surface area contributed by atoms with E-state index in [-0.39, 0.29) is 12.6 Å². The van der Waals surface area contributed by atoms with E-state index in [1.54, 1.807) is 12.1 Å². The van der Waals surface area contributed by atoms with Crippen molar-refractivity contribution in [3.8, 4) is 0 Å². The van der Waals surface area contributed by atoms with Gasteiger partial charge in [-0.1, -0.05) is 6.92 Å². The predicted octanol–water partition coefficient (Wildman–Crippen LogP) is 1.95. The number of hydrogen-bond donors (Lipinski definition) is 2. The van der Waals surface area contributed by atoms with Gasteiger partial charge in [-0.15, -0.1) is 0 Å². The monoisotopic (exact) mass is 219 g/mol. The Kier molecular flexibility index (Phi) is 4.71. The molecule has 0 saturated heterocycles. The Bertz CT molecular complexity index is 264. The lowest BCUT2D eigenvalue weighted by molar-refractivity contribution is -0.00503. The first-order valence-electron chi connectivity index (χ1n) is 4.88. The summed E-state index contributed by atoms with van der Waals surface area (Å²) in [6, 6.07) is 3.38. The Hall–Kier alpha value is -0.940. The van der Waals surface area contributed by atoms with E-state index in [1.165, 1.54) is 6.26 Å². The fraction of sp³-hybridized carbons (Fsp3) is 0.600. The van der Waals surface area contributed by atoms with Crippen molar-refractivity contribution < 1.29 is 18.3 Å². The molecular weight excluding hydrogens is 204 g/mol. The van der Waals surface area contributed by atoms with Crippen LogP contribution in [0.4, 0.5) is 8.78 Å². The number of aliphatic hydroxyl groups excluding tert-OH is 1. The van der Waals surface area contributed by atoms with Gasteiger partial charge in [0.25, 0.3) is 6.43 Å². The molecule has 0 amide bonds. The van der Waals surface area contributed by atoms with Crippen LogP contribution >= 0.6 is 0 Å². The zero-order valence-corrected chi connectivity index (χ0v) is 8.49. The van der Waals surface area contributed by atoms with Crippen molar-refractivity contribution in [1.82, 2.24) is 5.32 Å². The summed E-state index contributed by atoms with van der Waals surface area (Å²) in [7, 11) is 0. The molecule has 1 aromatic rings. The van der Waals surface area contributed by atoms with Crippen LogP contribution < -0.4 is 5.32 Å². The topological polar surface area (TPSA) is 45.4 Å².